The van der Waals surface area contributed by atoms with Gasteiger partial charge < -0.3 is 16.0 Å². The number of nitrogens with one attached hydrogen (secondary N) is 1. The molecule has 0 aromatic heterocycles. The van der Waals surface area contributed by atoms with Crippen LogP contribution in [0.25, 0.3) is 0 Å². The summed E-state index contributed by atoms with van der Waals surface area (Å²) in [5.74, 6) is 0.316. The number of nitrogens with two attached hydrogens (primary N) is 1. The third kappa shape index (κ3) is 3.19. The van der Waals surface area contributed by atoms with Crippen molar-refractivity contribution in [2.75, 3.05) is 19.6 Å². The van der Waals surface area contributed by atoms with Crippen LogP contribution in [0.2, 0.25) is 0 Å². The normalized spacial score (nSPS) is 29.9. The van der Waals surface area contributed by atoms with E-state index in [1.54, 1.807) is 0 Å². The monoisotopic (exact) mass is 225 g/mol. The number of nitrogens with zero attached hydrogens (tertiary/aromatic N) is 1. The van der Waals surface area contributed by atoms with E-state index in [9.17, 15) is 4.79 Å². The topological polar surface area (TPSA) is 58.4 Å². The first-order chi connectivity index (χ1) is 7.75. The first-order valence-electron chi connectivity index (χ1n) is 6.52. The van der Waals surface area contributed by atoms with Gasteiger partial charge in [0.15, 0.2) is 0 Å². The number of hydrogen-bond donors (Lipinski definition) is 2. The first kappa shape index (κ1) is 11.9. The molecular weight excluding hydrogens is 202 g/mol. The fraction of sp³-hybridized carbons (Fsp3) is 0.917. The third-order valence-corrected chi connectivity index (χ3v) is 3.66. The quantitative estimate of drug-likeness (QED) is 0.731. The fourth-order valence-corrected chi connectivity index (χ4v) is 2.51. The van der Waals surface area contributed by atoms with E-state index in [1.807, 2.05) is 4.90 Å². The van der Waals surface area contributed by atoms with Crippen molar-refractivity contribution < 1.29 is 4.79 Å². The smallest absolute Gasteiger partial charge is 0.223 e. The van der Waals surface area contributed by atoms with Crippen molar-refractivity contribution in [3.63, 3.8) is 0 Å². The number of amides is 1. The van der Waals surface area contributed by atoms with E-state index >= 15 is 0 Å². The average molecular weight is 225 g/mol. The second kappa shape index (κ2) is 5.64. The molecule has 0 aromatic rings. The van der Waals surface area contributed by atoms with Gasteiger partial charge in [-0.3, -0.25) is 4.79 Å². The molecule has 1 saturated carbocycles. The van der Waals surface area contributed by atoms with Crippen LogP contribution in [0.5, 0.6) is 0 Å². The molecule has 1 aliphatic heterocycles. The van der Waals surface area contributed by atoms with E-state index < -0.39 is 0 Å². The van der Waals surface area contributed by atoms with Crippen LogP contribution in [0.15, 0.2) is 0 Å². The van der Waals surface area contributed by atoms with Crippen LogP contribution < -0.4 is 11.1 Å². The lowest BCUT2D eigenvalue weighted by molar-refractivity contribution is -0.132. The second-order valence-corrected chi connectivity index (χ2v) is 5.07. The molecule has 1 aliphatic carbocycles. The van der Waals surface area contributed by atoms with Gasteiger partial charge >= 0.3 is 0 Å². The summed E-state index contributed by atoms with van der Waals surface area (Å²) in [7, 11) is 0. The van der Waals surface area contributed by atoms with Gasteiger partial charge in [0, 0.05) is 38.1 Å². The van der Waals surface area contributed by atoms with Crippen LogP contribution in [0.1, 0.15) is 38.5 Å². The summed E-state index contributed by atoms with van der Waals surface area (Å²) in [5.41, 5.74) is 5.70. The van der Waals surface area contributed by atoms with Crippen molar-refractivity contribution in [1.29, 1.82) is 0 Å². The van der Waals surface area contributed by atoms with Gasteiger partial charge in [0.25, 0.3) is 0 Å². The van der Waals surface area contributed by atoms with E-state index in [4.69, 9.17) is 5.73 Å². The van der Waals surface area contributed by atoms with Crippen LogP contribution in [0.3, 0.4) is 0 Å². The van der Waals surface area contributed by atoms with Crippen LogP contribution in [-0.2, 0) is 4.79 Å². The van der Waals surface area contributed by atoms with Gasteiger partial charge in [-0.05, 0) is 32.1 Å². The van der Waals surface area contributed by atoms with Crippen molar-refractivity contribution in [2.45, 2.75) is 50.6 Å². The summed E-state index contributed by atoms with van der Waals surface area (Å²) in [6.45, 7) is 2.74. The Labute approximate surface area is 97.6 Å². The SMILES string of the molecule is NC1CC(NCCC(=O)N2CCCCC2)C1. The molecule has 0 radical (unpaired) electrons. The van der Waals surface area contributed by atoms with Gasteiger partial charge in [-0.15, -0.1) is 0 Å². The Morgan fingerprint density at radius 2 is 1.94 bits per heavy atom. The van der Waals surface area contributed by atoms with E-state index in [0.29, 0.717) is 24.4 Å². The van der Waals surface area contributed by atoms with E-state index in [0.717, 1.165) is 32.5 Å². The average Bonchev–Trinajstić information content (AvgIpc) is 2.27. The lowest BCUT2D eigenvalue weighted by Crippen LogP contribution is -2.49. The highest BCUT2D eigenvalue weighted by atomic mass is 16.2. The minimum absolute atomic E-state index is 0.316. The number of rotatable bonds is 4. The number of likely N-dealkylation sites (tertiary alicyclic amines) is 1. The van der Waals surface area contributed by atoms with Gasteiger partial charge in [-0.2, -0.15) is 0 Å². The van der Waals surface area contributed by atoms with Crippen molar-refractivity contribution in [2.24, 2.45) is 5.73 Å². The predicted molar refractivity (Wildman–Crippen MR) is 64.0 cm³/mol. The molecule has 3 N–H and O–H groups in total. The lowest BCUT2D eigenvalue weighted by Gasteiger charge is -2.33. The molecule has 0 unspecified atom stereocenters. The molecule has 0 spiro atoms. The van der Waals surface area contributed by atoms with E-state index in [1.165, 1.54) is 19.3 Å². The molecule has 1 heterocycles. The minimum Gasteiger partial charge on any atom is -0.343 e. The Morgan fingerprint density at radius 3 is 2.56 bits per heavy atom. The van der Waals surface area contributed by atoms with Crippen LogP contribution >= 0.6 is 0 Å². The summed E-state index contributed by atoms with van der Waals surface area (Å²) in [6, 6.07) is 0.944. The molecule has 1 saturated heterocycles. The minimum atomic E-state index is 0.316. The van der Waals surface area contributed by atoms with Gasteiger partial charge in [0.05, 0.1) is 0 Å². The molecule has 92 valence electrons. The van der Waals surface area contributed by atoms with Gasteiger partial charge in [0.1, 0.15) is 0 Å². The number of piperidine rings is 1. The summed E-state index contributed by atoms with van der Waals surface area (Å²) < 4.78 is 0. The molecule has 2 fully saturated rings. The van der Waals surface area contributed by atoms with Crippen LogP contribution in [0, 0.1) is 0 Å². The summed E-state index contributed by atoms with van der Waals surface area (Å²) in [5, 5.41) is 3.39. The molecule has 0 atom stereocenters. The van der Waals surface area contributed by atoms with E-state index in [-0.39, 0.29) is 0 Å². The molecule has 4 nitrogen and oxygen atoms in total. The maximum absolute atomic E-state index is 11.8. The van der Waals surface area contributed by atoms with Crippen molar-refractivity contribution in [1.82, 2.24) is 10.2 Å². The van der Waals surface area contributed by atoms with Gasteiger partial charge in [-0.1, -0.05) is 0 Å². The zero-order valence-electron chi connectivity index (χ0n) is 9.95. The zero-order chi connectivity index (χ0) is 11.4. The van der Waals surface area contributed by atoms with E-state index in [2.05, 4.69) is 5.32 Å². The zero-order valence-corrected chi connectivity index (χ0v) is 9.95. The number of carbonyl (C=O) groups excluding carboxylic acids is 1. The largest absolute Gasteiger partial charge is 0.343 e. The highest BCUT2D eigenvalue weighted by Crippen LogP contribution is 2.17. The standard InChI is InChI=1S/C12H23N3O/c13-10-8-11(9-10)14-5-4-12(16)15-6-2-1-3-7-15/h10-11,14H,1-9,13H2. The molecule has 0 aromatic carbocycles. The molecule has 16 heavy (non-hydrogen) atoms. The Hall–Kier alpha value is -0.610. The Kier molecular flexibility index (Phi) is 4.18. The number of carbonyl (C=O) groups is 1. The highest BCUT2D eigenvalue weighted by molar-refractivity contribution is 5.76. The predicted octanol–water partition coefficient (Wildman–Crippen LogP) is 0.468. The molecule has 0 bridgehead atoms. The number of hydrogen-bond acceptors (Lipinski definition) is 3. The van der Waals surface area contributed by atoms with Gasteiger partial charge in [0.2, 0.25) is 5.91 Å². The Morgan fingerprint density at radius 1 is 1.25 bits per heavy atom. The summed E-state index contributed by atoms with van der Waals surface area (Å²) in [6.07, 6.45) is 6.41. The Bertz CT molecular complexity index is 232. The highest BCUT2D eigenvalue weighted by Gasteiger charge is 2.25. The molecule has 2 rings (SSSR count). The molecule has 2 aliphatic rings. The van der Waals surface area contributed by atoms with Gasteiger partial charge in [-0.25, -0.2) is 0 Å². The summed E-state index contributed by atoms with van der Waals surface area (Å²) in [4.78, 5) is 13.8. The van der Waals surface area contributed by atoms with Crippen molar-refractivity contribution in [3.8, 4) is 0 Å². The van der Waals surface area contributed by atoms with Crippen molar-refractivity contribution in [3.05, 3.63) is 0 Å². The van der Waals surface area contributed by atoms with Crippen LogP contribution in [0.4, 0.5) is 0 Å². The summed E-state index contributed by atoms with van der Waals surface area (Å²) >= 11 is 0. The molecular formula is C12H23N3O. The fourth-order valence-electron chi connectivity index (χ4n) is 2.51. The van der Waals surface area contributed by atoms with Crippen LogP contribution in [-0.4, -0.2) is 42.5 Å². The second-order valence-electron chi connectivity index (χ2n) is 5.07. The molecule has 1 amide bonds. The first-order valence-corrected chi connectivity index (χ1v) is 6.52. The maximum atomic E-state index is 11.8. The third-order valence-electron chi connectivity index (χ3n) is 3.66. The Balaban J connectivity index is 1.56. The molecule has 4 heteroatoms. The maximum Gasteiger partial charge on any atom is 0.223 e. The van der Waals surface area contributed by atoms with Crippen molar-refractivity contribution >= 4 is 5.91 Å². The lowest BCUT2D eigenvalue weighted by atomic mass is 9.87.